The Bertz CT molecular complexity index is 1820. The van der Waals surface area contributed by atoms with E-state index in [2.05, 4.69) is 73.2 Å². The summed E-state index contributed by atoms with van der Waals surface area (Å²) in [4.78, 5) is 28.8. The maximum atomic E-state index is 10.5. The van der Waals surface area contributed by atoms with E-state index >= 15 is 0 Å². The molecule has 1 aliphatic rings. The zero-order chi connectivity index (χ0) is 31.5. The Hall–Kier alpha value is -4.67. The predicted octanol–water partition coefficient (Wildman–Crippen LogP) is 4.76. The first kappa shape index (κ1) is 33.2. The largest absolute Gasteiger partial charge is 0.853 e. The summed E-state index contributed by atoms with van der Waals surface area (Å²) in [7, 11) is 0. The molecule has 6 aromatic rings. The van der Waals surface area contributed by atoms with Gasteiger partial charge in [0.2, 0.25) is 5.76 Å². The number of aliphatic hydroxyl groups excluding tert-OH is 3. The third-order valence-corrected chi connectivity index (χ3v) is 7.06. The van der Waals surface area contributed by atoms with Gasteiger partial charge in [0.05, 0.1) is 28.2 Å². The van der Waals surface area contributed by atoms with Crippen molar-refractivity contribution >= 4 is 49.6 Å². The molecule has 45 heavy (non-hydrogen) atoms. The topological polar surface area (TPSA) is 162 Å². The SMILES string of the molecule is Cc1ccc2ccc3ccc(C)nc3c2n1.Cc1ccc2ccc3ccc(C)nc3c2n1.O=C1OC(C(O)C[O-])C(O)=C1O.[Cu]. The van der Waals surface area contributed by atoms with Gasteiger partial charge in [-0.3, -0.25) is 19.9 Å². The molecule has 1 aliphatic heterocycles. The minimum Gasteiger partial charge on any atom is -0.853 e. The van der Waals surface area contributed by atoms with Crippen LogP contribution >= 0.6 is 0 Å². The van der Waals surface area contributed by atoms with Crippen molar-refractivity contribution in [1.29, 1.82) is 0 Å². The summed E-state index contributed by atoms with van der Waals surface area (Å²) in [5.74, 6) is -2.87. The molecule has 0 bridgehead atoms. The van der Waals surface area contributed by atoms with Gasteiger partial charge in [0, 0.05) is 61.4 Å². The standard InChI is InChI=1S/2C14H12N2.C6H7O6.Cu/c2*1-9-3-5-11-7-8-12-6-4-10(2)16-14(12)13(11)15-9;7-1-2(8)5-3(9)4(10)6(11)12-5;/h2*3-8H,1-2H3;2,5,8-10H,1H2;/q;;-1;. The fourth-order valence-electron chi connectivity index (χ4n) is 4.74. The average Bonchev–Trinajstić information content (AvgIpc) is 3.28. The van der Waals surface area contributed by atoms with Crippen LogP contribution in [0.3, 0.4) is 0 Å². The van der Waals surface area contributed by atoms with Crippen LogP contribution in [0.2, 0.25) is 0 Å². The monoisotopic (exact) mass is 654 g/mol. The molecule has 1 radical (unpaired) electrons. The summed E-state index contributed by atoms with van der Waals surface area (Å²) in [5.41, 5.74) is 8.13. The van der Waals surface area contributed by atoms with Crippen LogP contribution in [0.5, 0.6) is 0 Å². The number of hydrogen-bond donors (Lipinski definition) is 3. The molecule has 7 rings (SSSR count). The summed E-state index contributed by atoms with van der Waals surface area (Å²) in [6.45, 7) is 7.11. The van der Waals surface area contributed by atoms with E-state index in [1.165, 1.54) is 0 Å². The van der Waals surface area contributed by atoms with Gasteiger partial charge in [-0.1, -0.05) is 48.5 Å². The molecule has 2 unspecified atom stereocenters. The van der Waals surface area contributed by atoms with E-state index in [4.69, 9.17) is 15.3 Å². The van der Waals surface area contributed by atoms with Gasteiger partial charge in [-0.25, -0.2) is 4.79 Å². The van der Waals surface area contributed by atoms with E-state index in [0.717, 1.165) is 66.4 Å². The van der Waals surface area contributed by atoms with Gasteiger partial charge in [-0.15, -0.1) is 6.61 Å². The Balaban J connectivity index is 0.000000154. The van der Waals surface area contributed by atoms with Crippen molar-refractivity contribution in [3.63, 3.8) is 0 Å². The van der Waals surface area contributed by atoms with E-state index in [1.807, 2.05) is 52.0 Å². The van der Waals surface area contributed by atoms with Gasteiger partial charge in [0.1, 0.15) is 0 Å². The van der Waals surface area contributed by atoms with Crippen LogP contribution in [0, 0.1) is 27.7 Å². The number of nitrogens with zero attached hydrogens (tertiary/aromatic N) is 4. The number of carbonyl (C=O) groups is 1. The number of aromatic nitrogens is 4. The average molecular weight is 655 g/mol. The molecule has 10 nitrogen and oxygen atoms in total. The first-order chi connectivity index (χ1) is 21.0. The minimum atomic E-state index is -1.53. The molecule has 3 N–H and O–H groups in total. The van der Waals surface area contributed by atoms with Crippen LogP contribution < -0.4 is 5.11 Å². The molecular weight excluding hydrogens is 624 g/mol. The normalized spacial score (nSPS) is 14.8. The first-order valence-electron chi connectivity index (χ1n) is 13.9. The fourth-order valence-corrected chi connectivity index (χ4v) is 4.74. The molecule has 0 spiro atoms. The summed E-state index contributed by atoms with van der Waals surface area (Å²) in [5, 5.41) is 41.2. The second-order valence-electron chi connectivity index (χ2n) is 10.5. The van der Waals surface area contributed by atoms with E-state index in [1.54, 1.807) is 0 Å². The third kappa shape index (κ3) is 7.19. The molecule has 2 atom stereocenters. The summed E-state index contributed by atoms with van der Waals surface area (Å²) in [6, 6.07) is 24.9. The Labute approximate surface area is 269 Å². The van der Waals surface area contributed by atoms with Crippen LogP contribution in [0.15, 0.2) is 84.3 Å². The van der Waals surface area contributed by atoms with Gasteiger partial charge < -0.3 is 25.2 Å². The van der Waals surface area contributed by atoms with Gasteiger partial charge in [0.15, 0.2) is 11.9 Å². The van der Waals surface area contributed by atoms with Gasteiger partial charge in [-0.2, -0.15) is 0 Å². The van der Waals surface area contributed by atoms with E-state index < -0.39 is 36.3 Å². The quantitative estimate of drug-likeness (QED) is 0.135. The number of rotatable bonds is 2. The van der Waals surface area contributed by atoms with E-state index in [-0.39, 0.29) is 17.1 Å². The molecule has 0 fully saturated rings. The van der Waals surface area contributed by atoms with Gasteiger partial charge in [0.25, 0.3) is 0 Å². The van der Waals surface area contributed by atoms with Gasteiger partial charge in [-0.05, 0) is 52.0 Å². The number of aryl methyl sites for hydroxylation is 4. The summed E-state index contributed by atoms with van der Waals surface area (Å²) < 4.78 is 4.28. The van der Waals surface area contributed by atoms with Gasteiger partial charge >= 0.3 is 5.97 Å². The number of esters is 1. The number of ether oxygens (including phenoxy) is 1. The maximum absolute atomic E-state index is 10.5. The predicted molar refractivity (Wildman–Crippen MR) is 166 cm³/mol. The number of carbonyl (C=O) groups excluding carboxylic acids is 1. The zero-order valence-electron chi connectivity index (χ0n) is 24.9. The molecule has 235 valence electrons. The van der Waals surface area contributed by atoms with E-state index in [9.17, 15) is 9.90 Å². The van der Waals surface area contributed by atoms with Crippen LogP contribution in [-0.4, -0.2) is 60.0 Å². The Morgan fingerprint density at radius 1 is 0.644 bits per heavy atom. The molecular formula is C34H31CuN4O6-. The van der Waals surface area contributed by atoms with Crippen molar-refractivity contribution in [3.05, 3.63) is 107 Å². The Kier molecular flexibility index (Phi) is 10.3. The first-order valence-corrected chi connectivity index (χ1v) is 13.9. The summed E-state index contributed by atoms with van der Waals surface area (Å²) >= 11 is 0. The molecule has 0 saturated heterocycles. The smallest absolute Gasteiger partial charge is 0.377 e. The van der Waals surface area contributed by atoms with Crippen molar-refractivity contribution in [2.45, 2.75) is 39.9 Å². The minimum absolute atomic E-state index is 0. The number of hydrogen-bond acceptors (Lipinski definition) is 10. The van der Waals surface area contributed by atoms with E-state index in [0.29, 0.717) is 0 Å². The summed E-state index contributed by atoms with van der Waals surface area (Å²) in [6.07, 6.45) is -2.95. The number of fused-ring (bicyclic) bond motifs is 6. The van der Waals surface area contributed by atoms with Crippen molar-refractivity contribution in [2.24, 2.45) is 0 Å². The van der Waals surface area contributed by atoms with Crippen molar-refractivity contribution in [2.75, 3.05) is 6.61 Å². The Morgan fingerprint density at radius 3 is 1.18 bits per heavy atom. The third-order valence-electron chi connectivity index (χ3n) is 7.06. The number of benzene rings is 2. The van der Waals surface area contributed by atoms with Crippen molar-refractivity contribution < 1.29 is 47.0 Å². The Morgan fingerprint density at radius 2 is 0.933 bits per heavy atom. The fraction of sp³-hybridized carbons (Fsp3) is 0.206. The molecule has 11 heteroatoms. The molecule has 0 saturated carbocycles. The molecule has 5 heterocycles. The molecule has 0 amide bonds. The van der Waals surface area contributed by atoms with Crippen LogP contribution in [0.4, 0.5) is 0 Å². The number of cyclic esters (lactones) is 1. The molecule has 2 aromatic carbocycles. The van der Waals surface area contributed by atoms with Crippen LogP contribution in [0.25, 0.3) is 43.6 Å². The number of aliphatic hydroxyl groups is 3. The number of pyridine rings is 4. The molecule has 4 aromatic heterocycles. The van der Waals surface area contributed by atoms with Crippen molar-refractivity contribution in [3.8, 4) is 0 Å². The van der Waals surface area contributed by atoms with Crippen molar-refractivity contribution in [1.82, 2.24) is 19.9 Å². The second kappa shape index (κ2) is 14.0. The van der Waals surface area contributed by atoms with Crippen LogP contribution in [0.1, 0.15) is 22.8 Å². The molecule has 0 aliphatic carbocycles. The zero-order valence-corrected chi connectivity index (χ0v) is 25.9. The maximum Gasteiger partial charge on any atom is 0.377 e. The van der Waals surface area contributed by atoms with Crippen LogP contribution in [-0.2, 0) is 26.6 Å². The second-order valence-corrected chi connectivity index (χ2v) is 10.5.